The van der Waals surface area contributed by atoms with Crippen LogP contribution in [0.5, 0.6) is 0 Å². The summed E-state index contributed by atoms with van der Waals surface area (Å²) >= 11 is 1.06. The van der Waals surface area contributed by atoms with Crippen molar-refractivity contribution in [1.29, 1.82) is 5.26 Å². The van der Waals surface area contributed by atoms with Crippen molar-refractivity contribution in [2.45, 2.75) is 6.18 Å². The van der Waals surface area contributed by atoms with E-state index in [1.807, 2.05) is 0 Å². The molecule has 2 aromatic heterocycles. The molecular weight excluding hydrogens is 277 g/mol. The molecule has 0 radical (unpaired) electrons. The van der Waals surface area contributed by atoms with Crippen molar-refractivity contribution in [3.05, 3.63) is 40.5 Å². The van der Waals surface area contributed by atoms with Crippen LogP contribution in [0.1, 0.15) is 20.9 Å². The number of nitriles is 1. The summed E-state index contributed by atoms with van der Waals surface area (Å²) in [6.07, 6.45) is -2.83. The molecule has 0 aliphatic rings. The standard InChI is InChI=1S/C12H5F3N2OS/c13-12(14,15)9-3-7(5-17-10(9)4-16)11-2-1-8(6-18)19-11/h1-3,5-6H. The molecule has 2 rings (SSSR count). The first-order valence-electron chi connectivity index (χ1n) is 4.98. The zero-order valence-corrected chi connectivity index (χ0v) is 10.0. The van der Waals surface area contributed by atoms with E-state index >= 15 is 0 Å². The average molecular weight is 282 g/mol. The lowest BCUT2D eigenvalue weighted by Crippen LogP contribution is -2.09. The van der Waals surface area contributed by atoms with Crippen molar-refractivity contribution >= 4 is 17.6 Å². The fourth-order valence-electron chi connectivity index (χ4n) is 1.48. The van der Waals surface area contributed by atoms with Crippen molar-refractivity contribution < 1.29 is 18.0 Å². The van der Waals surface area contributed by atoms with Crippen LogP contribution >= 0.6 is 11.3 Å². The summed E-state index contributed by atoms with van der Waals surface area (Å²) in [6, 6.07) is 5.33. The van der Waals surface area contributed by atoms with Crippen LogP contribution in [0, 0.1) is 11.3 Å². The highest BCUT2D eigenvalue weighted by Gasteiger charge is 2.34. The summed E-state index contributed by atoms with van der Waals surface area (Å²) < 4.78 is 38.3. The Balaban J connectivity index is 2.55. The molecule has 96 valence electrons. The van der Waals surface area contributed by atoms with Crippen molar-refractivity contribution in [1.82, 2.24) is 4.98 Å². The Morgan fingerprint density at radius 3 is 2.63 bits per heavy atom. The van der Waals surface area contributed by atoms with Crippen LogP contribution in [-0.4, -0.2) is 11.3 Å². The first-order chi connectivity index (χ1) is 8.95. The van der Waals surface area contributed by atoms with E-state index in [0.717, 1.165) is 17.4 Å². The maximum Gasteiger partial charge on any atom is 0.419 e. The molecule has 0 fully saturated rings. The highest BCUT2D eigenvalue weighted by molar-refractivity contribution is 7.17. The zero-order chi connectivity index (χ0) is 14.0. The van der Waals surface area contributed by atoms with Gasteiger partial charge in [0, 0.05) is 16.6 Å². The van der Waals surface area contributed by atoms with E-state index in [1.54, 1.807) is 0 Å². The lowest BCUT2D eigenvalue weighted by Gasteiger charge is -2.09. The molecule has 0 aromatic carbocycles. The van der Waals surface area contributed by atoms with E-state index < -0.39 is 17.4 Å². The molecule has 2 heterocycles. The molecular formula is C12H5F3N2OS. The maximum atomic E-state index is 12.8. The lowest BCUT2D eigenvalue weighted by molar-refractivity contribution is -0.138. The number of alkyl halides is 3. The highest BCUT2D eigenvalue weighted by atomic mass is 32.1. The molecule has 0 spiro atoms. The van der Waals surface area contributed by atoms with Crippen molar-refractivity contribution in [3.8, 4) is 16.5 Å². The van der Waals surface area contributed by atoms with E-state index in [4.69, 9.17) is 5.26 Å². The number of hydrogen-bond acceptors (Lipinski definition) is 4. The number of carbonyl (C=O) groups is 1. The van der Waals surface area contributed by atoms with Crippen molar-refractivity contribution in [2.75, 3.05) is 0 Å². The smallest absolute Gasteiger partial charge is 0.297 e. The predicted octanol–water partition coefficient (Wildman–Crippen LogP) is 3.51. The van der Waals surface area contributed by atoms with Gasteiger partial charge in [-0.25, -0.2) is 4.98 Å². The molecule has 2 aromatic rings. The number of aromatic nitrogens is 1. The predicted molar refractivity (Wildman–Crippen MR) is 62.7 cm³/mol. The molecule has 7 heteroatoms. The Morgan fingerprint density at radius 2 is 2.11 bits per heavy atom. The van der Waals surface area contributed by atoms with Crippen LogP contribution in [0.4, 0.5) is 13.2 Å². The van der Waals surface area contributed by atoms with Crippen LogP contribution in [0.25, 0.3) is 10.4 Å². The molecule has 0 unspecified atom stereocenters. The Hall–Kier alpha value is -2.20. The molecule has 0 amide bonds. The fourth-order valence-corrected chi connectivity index (χ4v) is 2.28. The second-order valence-corrected chi connectivity index (χ2v) is 4.66. The summed E-state index contributed by atoms with van der Waals surface area (Å²) in [4.78, 5) is 15.0. The number of halogens is 3. The van der Waals surface area contributed by atoms with Gasteiger partial charge in [0.2, 0.25) is 0 Å². The summed E-state index contributed by atoms with van der Waals surface area (Å²) in [6.45, 7) is 0. The van der Waals surface area contributed by atoms with Gasteiger partial charge in [-0.15, -0.1) is 11.3 Å². The number of nitrogens with zero attached hydrogens (tertiary/aromatic N) is 2. The summed E-state index contributed by atoms with van der Waals surface area (Å²) in [5.74, 6) is 0. The van der Waals surface area contributed by atoms with E-state index in [2.05, 4.69) is 4.98 Å². The van der Waals surface area contributed by atoms with E-state index in [-0.39, 0.29) is 5.56 Å². The molecule has 0 atom stereocenters. The monoisotopic (exact) mass is 282 g/mol. The number of carbonyl (C=O) groups excluding carboxylic acids is 1. The van der Waals surface area contributed by atoms with E-state index in [1.165, 1.54) is 24.4 Å². The normalized spacial score (nSPS) is 11.1. The number of pyridine rings is 1. The molecule has 0 saturated heterocycles. The second kappa shape index (κ2) is 4.82. The number of rotatable bonds is 2. The summed E-state index contributed by atoms with van der Waals surface area (Å²) in [5.41, 5.74) is -1.51. The summed E-state index contributed by atoms with van der Waals surface area (Å²) in [5, 5.41) is 8.63. The van der Waals surface area contributed by atoms with Gasteiger partial charge >= 0.3 is 6.18 Å². The van der Waals surface area contributed by atoms with Crippen LogP contribution < -0.4 is 0 Å². The van der Waals surface area contributed by atoms with Crippen LogP contribution in [0.15, 0.2) is 24.4 Å². The lowest BCUT2D eigenvalue weighted by atomic mass is 10.1. The first-order valence-corrected chi connectivity index (χ1v) is 5.80. The molecule has 0 aliphatic heterocycles. The van der Waals surface area contributed by atoms with Crippen molar-refractivity contribution in [2.24, 2.45) is 0 Å². The average Bonchev–Trinajstić information content (AvgIpc) is 2.85. The molecule has 0 bridgehead atoms. The highest BCUT2D eigenvalue weighted by Crippen LogP contribution is 2.35. The number of thiophene rings is 1. The second-order valence-electron chi connectivity index (χ2n) is 3.55. The quantitative estimate of drug-likeness (QED) is 0.792. The SMILES string of the molecule is N#Cc1ncc(-c2ccc(C=O)s2)cc1C(F)(F)F. The van der Waals surface area contributed by atoms with Gasteiger partial charge in [-0.2, -0.15) is 18.4 Å². The van der Waals surface area contributed by atoms with Gasteiger partial charge in [0.05, 0.1) is 10.4 Å². The Kier molecular flexibility index (Phi) is 3.36. The third-order valence-corrected chi connectivity index (χ3v) is 3.39. The molecule has 0 saturated carbocycles. The third kappa shape index (κ3) is 2.63. The summed E-state index contributed by atoms with van der Waals surface area (Å²) in [7, 11) is 0. The minimum absolute atomic E-state index is 0.226. The minimum Gasteiger partial charge on any atom is -0.297 e. The van der Waals surface area contributed by atoms with Gasteiger partial charge < -0.3 is 0 Å². The van der Waals surface area contributed by atoms with Gasteiger partial charge in [-0.05, 0) is 18.2 Å². The topological polar surface area (TPSA) is 53.8 Å². The molecule has 3 nitrogen and oxygen atoms in total. The van der Waals surface area contributed by atoms with Gasteiger partial charge in [0.25, 0.3) is 0 Å². The zero-order valence-electron chi connectivity index (χ0n) is 9.23. The molecule has 0 aliphatic carbocycles. The van der Waals surface area contributed by atoms with Crippen LogP contribution in [-0.2, 0) is 6.18 Å². The van der Waals surface area contributed by atoms with Gasteiger partial charge in [-0.3, -0.25) is 4.79 Å². The number of hydrogen-bond donors (Lipinski definition) is 0. The van der Waals surface area contributed by atoms with Gasteiger partial charge in [-0.1, -0.05) is 0 Å². The fraction of sp³-hybridized carbons (Fsp3) is 0.0833. The Morgan fingerprint density at radius 1 is 1.37 bits per heavy atom. The van der Waals surface area contributed by atoms with Gasteiger partial charge in [0.1, 0.15) is 6.07 Å². The molecule has 19 heavy (non-hydrogen) atoms. The van der Waals surface area contributed by atoms with Crippen LogP contribution in [0.2, 0.25) is 0 Å². The van der Waals surface area contributed by atoms with Crippen molar-refractivity contribution in [3.63, 3.8) is 0 Å². The Labute approximate surface area is 109 Å². The van der Waals surface area contributed by atoms with E-state index in [0.29, 0.717) is 16.0 Å². The number of aldehydes is 1. The largest absolute Gasteiger partial charge is 0.419 e. The third-order valence-electron chi connectivity index (χ3n) is 2.33. The maximum absolute atomic E-state index is 12.8. The Bertz CT molecular complexity index is 670. The van der Waals surface area contributed by atoms with E-state index in [9.17, 15) is 18.0 Å². The first kappa shape index (κ1) is 13.2. The van der Waals surface area contributed by atoms with Crippen LogP contribution in [0.3, 0.4) is 0 Å². The molecule has 0 N–H and O–H groups in total. The minimum atomic E-state index is -4.64. The van der Waals surface area contributed by atoms with Gasteiger partial charge in [0.15, 0.2) is 12.0 Å².